The molecule has 0 radical (unpaired) electrons. The van der Waals surface area contributed by atoms with Crippen LogP contribution in [-0.4, -0.2) is 14.1 Å². The van der Waals surface area contributed by atoms with E-state index >= 15 is 0 Å². The molecule has 0 saturated heterocycles. The molecule has 324 valence electrons. The molecule has 0 amide bonds. The Labute approximate surface area is 405 Å². The lowest BCUT2D eigenvalue weighted by Gasteiger charge is -2.20. The van der Waals surface area contributed by atoms with Gasteiger partial charge in [0.2, 0.25) is 0 Å². The van der Waals surface area contributed by atoms with Crippen molar-refractivity contribution in [3.8, 4) is 50.9 Å². The van der Waals surface area contributed by atoms with Gasteiger partial charge in [0, 0.05) is 23.0 Å². The van der Waals surface area contributed by atoms with E-state index in [2.05, 4.69) is 92.3 Å². The third kappa shape index (κ3) is 7.37. The number of fused-ring (bicyclic) bond motifs is 2. The minimum absolute atomic E-state index is 0.116. The highest BCUT2D eigenvalue weighted by Gasteiger charge is 2.24. The number of hydrogen-bond acceptors (Lipinski definition) is 2. The molecule has 5 heteroatoms. The molecule has 0 N–H and O–H groups in total. The van der Waals surface area contributed by atoms with Crippen LogP contribution < -0.4 is 9.30 Å². The van der Waals surface area contributed by atoms with Gasteiger partial charge in [-0.3, -0.25) is 13.7 Å². The minimum atomic E-state index is -0.564. The number of pyridine rings is 1. The summed E-state index contributed by atoms with van der Waals surface area (Å²) < 4.78 is 100. The fraction of sp³-hybridized carbons (Fsp3) is 0.129. The fourth-order valence-corrected chi connectivity index (χ4v) is 9.61. The average Bonchev–Trinajstić information content (AvgIpc) is 4.24. The van der Waals surface area contributed by atoms with Gasteiger partial charge in [0.25, 0.3) is 6.33 Å². The van der Waals surface area contributed by atoms with Crippen molar-refractivity contribution in [3.05, 3.63) is 234 Å². The van der Waals surface area contributed by atoms with Gasteiger partial charge in [0.1, 0.15) is 17.3 Å². The first-order valence-electron chi connectivity index (χ1n) is 27.6. The Bertz CT molecular complexity index is 4110. The lowest BCUT2D eigenvalue weighted by molar-refractivity contribution is -0.571. The molecule has 0 fully saturated rings. The predicted octanol–water partition coefficient (Wildman–Crippen LogP) is 14.5. The molecule has 3 heterocycles. The quantitative estimate of drug-likeness (QED) is 0.118. The molecule has 3 aromatic heterocycles. The zero-order valence-electron chi connectivity index (χ0n) is 47.3. The summed E-state index contributed by atoms with van der Waals surface area (Å²) in [7, 11) is 0. The van der Waals surface area contributed by atoms with E-state index in [1.807, 2.05) is 65.4 Å². The molecule has 5 nitrogen and oxygen atoms in total. The highest BCUT2D eigenvalue weighted by atomic mass is 16.5. The zero-order chi connectivity index (χ0) is 53.8. The molecule has 11 aromatic rings. The van der Waals surface area contributed by atoms with Crippen LogP contribution in [0.1, 0.15) is 62.3 Å². The van der Waals surface area contributed by atoms with Crippen LogP contribution in [0.2, 0.25) is 0 Å². The largest absolute Gasteiger partial charge is 0.458 e. The summed E-state index contributed by atoms with van der Waals surface area (Å²) in [5.74, 6) is 1.96. The van der Waals surface area contributed by atoms with E-state index in [1.54, 1.807) is 22.8 Å². The van der Waals surface area contributed by atoms with E-state index in [0.717, 1.165) is 47.9 Å². The molecule has 0 spiro atoms. The smallest absolute Gasteiger partial charge is 0.269 e. The summed E-state index contributed by atoms with van der Waals surface area (Å²) in [6, 6.07) is 38.8. The second kappa shape index (κ2) is 16.4. The van der Waals surface area contributed by atoms with Gasteiger partial charge < -0.3 is 4.74 Å². The third-order valence-electron chi connectivity index (χ3n) is 13.0. The van der Waals surface area contributed by atoms with Gasteiger partial charge in [0.05, 0.1) is 47.1 Å². The number of ether oxygens (including phenoxy) is 1. The lowest BCUT2D eigenvalue weighted by atomic mass is 9.88. The normalized spacial score (nSPS) is 14.9. The molecule has 15 rings (SSSR count). The SMILES string of the molecule is [2H]c1c([2H])c([2H])c(-c2cccc(-c3c([2H])c([2H])c([2H])c([2H])c3[2H])c2-[n+]2[c-]n(-c3cccc(Oc4ccc5c6c7ccc(c6n(-c6cc(C(C)(C)C)ccn6)c5c4)CCc4ccc(cc4)CC7)c3)c3ccccc32)c([2H])c1[2H]. The lowest BCUT2D eigenvalue weighted by Crippen LogP contribution is -2.31. The molecule has 4 aliphatic rings. The summed E-state index contributed by atoms with van der Waals surface area (Å²) in [6.45, 7) is 6.64. The van der Waals surface area contributed by atoms with Crippen LogP contribution in [0.15, 0.2) is 200 Å². The van der Waals surface area contributed by atoms with Gasteiger partial charge in [-0.1, -0.05) is 166 Å². The molecule has 0 aliphatic heterocycles. The third-order valence-corrected chi connectivity index (χ3v) is 13.0. The summed E-state index contributed by atoms with van der Waals surface area (Å²) >= 11 is 0. The number of nitrogens with zero attached hydrogens (tertiary/aromatic N) is 4. The van der Waals surface area contributed by atoms with E-state index in [1.165, 1.54) is 33.2 Å². The van der Waals surface area contributed by atoms with E-state index in [4.69, 9.17) is 23.4 Å². The van der Waals surface area contributed by atoms with Crippen molar-refractivity contribution in [1.29, 1.82) is 0 Å². The second-order valence-electron chi connectivity index (χ2n) is 18.2. The Morgan fingerprint density at radius 2 is 1.27 bits per heavy atom. The molecule has 4 aliphatic carbocycles. The van der Waals surface area contributed by atoms with Crippen molar-refractivity contribution in [1.82, 2.24) is 14.1 Å². The van der Waals surface area contributed by atoms with Gasteiger partial charge in [-0.05, 0) is 124 Å². The highest BCUT2D eigenvalue weighted by molar-refractivity contribution is 6.12. The van der Waals surface area contributed by atoms with Gasteiger partial charge in [0.15, 0.2) is 0 Å². The van der Waals surface area contributed by atoms with Crippen LogP contribution in [-0.2, 0) is 31.1 Å². The van der Waals surface area contributed by atoms with Crippen LogP contribution >= 0.6 is 0 Å². The Morgan fingerprint density at radius 3 is 1.99 bits per heavy atom. The summed E-state index contributed by atoms with van der Waals surface area (Å²) in [6.07, 6.45) is 8.91. The average molecular weight is 877 g/mol. The van der Waals surface area contributed by atoms with Gasteiger partial charge in [-0.2, -0.15) is 0 Å². The molecule has 0 atom stereocenters. The summed E-state index contributed by atoms with van der Waals surface area (Å²) in [5, 5.41) is 2.33. The Morgan fingerprint density at radius 1 is 0.612 bits per heavy atom. The van der Waals surface area contributed by atoms with E-state index in [0.29, 0.717) is 28.2 Å². The number of para-hydroxylation sites is 3. The molecule has 0 saturated carbocycles. The monoisotopic (exact) mass is 876 g/mol. The first-order valence-corrected chi connectivity index (χ1v) is 22.6. The summed E-state index contributed by atoms with van der Waals surface area (Å²) in [5.41, 5.74) is 10.4. The second-order valence-corrected chi connectivity index (χ2v) is 18.2. The number of hydrogen-bond donors (Lipinski definition) is 0. The van der Waals surface area contributed by atoms with Crippen LogP contribution in [0.4, 0.5) is 0 Å². The van der Waals surface area contributed by atoms with Crippen LogP contribution in [0.3, 0.4) is 0 Å². The Balaban J connectivity index is 1.02. The first-order chi connectivity index (χ1) is 37.0. The molecular formula is C62H50N4O. The number of aryl methyl sites for hydroxylation is 4. The number of rotatable bonds is 7. The number of imidazole rings is 1. The molecule has 8 aromatic carbocycles. The highest BCUT2D eigenvalue weighted by Crippen LogP contribution is 2.41. The molecular weight excluding hydrogens is 817 g/mol. The van der Waals surface area contributed by atoms with E-state index < -0.39 is 60.4 Å². The van der Waals surface area contributed by atoms with Crippen molar-refractivity contribution >= 4 is 32.8 Å². The molecule has 67 heavy (non-hydrogen) atoms. The topological polar surface area (TPSA) is 35.9 Å². The first kappa shape index (κ1) is 31.0. The molecule has 0 unspecified atom stereocenters. The van der Waals surface area contributed by atoms with Gasteiger partial charge >= 0.3 is 0 Å². The minimum Gasteiger partial charge on any atom is -0.458 e. The molecule has 4 bridgehead atoms. The van der Waals surface area contributed by atoms with Crippen molar-refractivity contribution in [3.63, 3.8) is 0 Å². The number of aromatic nitrogens is 4. The van der Waals surface area contributed by atoms with Crippen LogP contribution in [0.25, 0.3) is 72.3 Å². The zero-order valence-corrected chi connectivity index (χ0v) is 37.3. The van der Waals surface area contributed by atoms with Crippen molar-refractivity contribution < 1.29 is 23.0 Å². The van der Waals surface area contributed by atoms with Gasteiger partial charge in [-0.25, -0.2) is 4.98 Å². The van der Waals surface area contributed by atoms with Crippen molar-refractivity contribution in [2.75, 3.05) is 0 Å². The Kier molecular flexibility index (Phi) is 7.61. The maximum absolute atomic E-state index is 9.07. The van der Waals surface area contributed by atoms with Crippen LogP contribution in [0.5, 0.6) is 11.5 Å². The predicted molar refractivity (Wildman–Crippen MR) is 273 cm³/mol. The van der Waals surface area contributed by atoms with Crippen molar-refractivity contribution in [2.24, 2.45) is 0 Å². The van der Waals surface area contributed by atoms with Gasteiger partial charge in [-0.15, -0.1) is 0 Å². The van der Waals surface area contributed by atoms with Crippen LogP contribution in [0, 0.1) is 6.33 Å². The fourth-order valence-electron chi connectivity index (χ4n) is 9.61. The van der Waals surface area contributed by atoms with Crippen molar-refractivity contribution in [2.45, 2.75) is 51.9 Å². The maximum atomic E-state index is 9.07. The summed E-state index contributed by atoms with van der Waals surface area (Å²) in [4.78, 5) is 5.05. The number of benzene rings is 8. The Hall–Kier alpha value is -8.02. The van der Waals surface area contributed by atoms with E-state index in [-0.39, 0.29) is 33.4 Å². The van der Waals surface area contributed by atoms with E-state index in [9.17, 15) is 0 Å². The maximum Gasteiger partial charge on any atom is 0.269 e. The standard InChI is InChI=1S/C62H50N4O/c1-62(2,3)48-36-37-63-58(38-48)66-57-40-51(34-35-54(57)59-46-30-28-42-24-26-43(27-25-42)29-31-47(33-32-46)60(59)66)67-50-19-12-18-49(39-50)64-41-65(56-23-11-10-22-55(56)64)61-52(44-14-6-4-7-15-44)20-13-21-53(61)45-16-8-5-9-17-45/h4-27,32-40H,28-31H2,1-3H3/i4D,5D,6D,7D,8D,9D,14D,15D,16D,17D.